The molecule has 0 radical (unpaired) electrons. The highest BCUT2D eigenvalue weighted by atomic mass is 16.5. The zero-order valence-corrected chi connectivity index (χ0v) is 43.2. The molecule has 380 valence electrons. The second-order valence-electron chi connectivity index (χ2n) is 19.3. The topological polar surface area (TPSA) is 95.9 Å². The molecule has 2 atom stereocenters. The zero-order valence-electron chi connectivity index (χ0n) is 43.2. The summed E-state index contributed by atoms with van der Waals surface area (Å²) in [7, 11) is 0. The normalized spacial score (nSPS) is 13.0. The summed E-state index contributed by atoms with van der Waals surface area (Å²) in [6.45, 7) is 4.86. The summed E-state index contributed by atoms with van der Waals surface area (Å²) in [6, 6.07) is -0.634. The predicted octanol–water partition coefficient (Wildman–Crippen LogP) is 17.4. The number of aliphatic hydroxyl groups excluding tert-OH is 2. The molecule has 0 heterocycles. The first-order valence-corrected chi connectivity index (χ1v) is 28.4. The van der Waals surface area contributed by atoms with E-state index in [1.807, 2.05) is 6.08 Å². The Morgan fingerprint density at radius 1 is 0.431 bits per heavy atom. The highest BCUT2D eigenvalue weighted by Gasteiger charge is 2.18. The third kappa shape index (κ3) is 51.1. The molecule has 0 aromatic heterocycles. The van der Waals surface area contributed by atoms with Crippen LogP contribution < -0.4 is 5.32 Å². The minimum Gasteiger partial charge on any atom is -0.466 e. The highest BCUT2D eigenvalue weighted by molar-refractivity contribution is 5.76. The van der Waals surface area contributed by atoms with E-state index in [9.17, 15) is 19.8 Å². The van der Waals surface area contributed by atoms with Crippen molar-refractivity contribution in [3.63, 3.8) is 0 Å². The lowest BCUT2D eigenvalue weighted by Gasteiger charge is -2.20. The van der Waals surface area contributed by atoms with Gasteiger partial charge in [-0.15, -0.1) is 0 Å². The quantitative estimate of drug-likeness (QED) is 0.0321. The second-order valence-corrected chi connectivity index (χ2v) is 19.3. The average Bonchev–Trinajstić information content (AvgIpc) is 3.31. The van der Waals surface area contributed by atoms with Gasteiger partial charge in [0, 0.05) is 12.8 Å². The molecule has 0 bridgehead atoms. The molecule has 6 nitrogen and oxygen atoms in total. The maximum Gasteiger partial charge on any atom is 0.305 e. The number of unbranched alkanes of at least 4 members (excludes halogenated alkanes) is 35. The van der Waals surface area contributed by atoms with Gasteiger partial charge in [-0.25, -0.2) is 0 Å². The van der Waals surface area contributed by atoms with Crippen molar-refractivity contribution in [2.45, 2.75) is 302 Å². The number of carbonyl (C=O) groups excluding carboxylic acids is 2. The maximum atomic E-state index is 12.4. The van der Waals surface area contributed by atoms with E-state index in [0.29, 0.717) is 19.4 Å². The number of amides is 1. The number of esters is 1. The molecule has 0 fully saturated rings. The van der Waals surface area contributed by atoms with Crippen molar-refractivity contribution in [3.8, 4) is 0 Å². The van der Waals surface area contributed by atoms with Crippen molar-refractivity contribution < 1.29 is 24.5 Å². The predicted molar refractivity (Wildman–Crippen MR) is 282 cm³/mol. The summed E-state index contributed by atoms with van der Waals surface area (Å²) in [5.41, 5.74) is 0. The van der Waals surface area contributed by atoms with Gasteiger partial charge in [-0.1, -0.05) is 236 Å². The largest absolute Gasteiger partial charge is 0.466 e. The monoisotopic (exact) mass is 912 g/mol. The first-order valence-electron chi connectivity index (χ1n) is 28.4. The van der Waals surface area contributed by atoms with Crippen LogP contribution in [0.3, 0.4) is 0 Å². The Hall–Kier alpha value is -2.18. The SMILES string of the molecule is CCCCCC/C=C\C/C=C\CCCCCCCC(=O)OCCCCCCCCCCC/C=C\CCCCCCCCCC(=O)NC(CO)C(O)/C=C/CCCCCCCCCCCC. The number of carbonyl (C=O) groups is 2. The third-order valence-electron chi connectivity index (χ3n) is 12.8. The molecular formula is C59H109NO5. The van der Waals surface area contributed by atoms with E-state index in [4.69, 9.17) is 4.74 Å². The standard InChI is InChI=1S/C59H109NO5/c1-3-5-7-9-11-13-15-17-18-26-29-33-37-41-45-49-53-59(64)65-54-50-46-42-38-34-30-27-24-22-20-19-21-23-25-28-32-36-40-44-48-52-58(63)60-56(55-61)57(62)51-47-43-39-35-31-16-14-12-10-8-6-4-2/h13,15,18-19,21,26,47,51,56-57,61-62H,3-12,14,16-17,20,22-25,27-46,48-50,52-55H2,1-2H3,(H,60,63)/b15-13-,21-19-,26-18-,51-47+. The summed E-state index contributed by atoms with van der Waals surface area (Å²) in [5, 5.41) is 23.0. The second kappa shape index (κ2) is 54.4. The molecule has 65 heavy (non-hydrogen) atoms. The first kappa shape index (κ1) is 62.8. The van der Waals surface area contributed by atoms with Crippen LogP contribution in [0.4, 0.5) is 0 Å². The zero-order chi connectivity index (χ0) is 47.2. The number of ether oxygens (including phenoxy) is 1. The van der Waals surface area contributed by atoms with E-state index in [2.05, 4.69) is 55.6 Å². The Balaban J connectivity index is 3.46. The van der Waals surface area contributed by atoms with Gasteiger partial charge >= 0.3 is 5.97 Å². The molecule has 0 spiro atoms. The smallest absolute Gasteiger partial charge is 0.305 e. The molecular weight excluding hydrogens is 803 g/mol. The lowest BCUT2D eigenvalue weighted by atomic mass is 10.0. The third-order valence-corrected chi connectivity index (χ3v) is 12.8. The van der Waals surface area contributed by atoms with Crippen LogP contribution in [0, 0.1) is 0 Å². The summed E-state index contributed by atoms with van der Waals surface area (Å²) in [4.78, 5) is 24.5. The molecule has 0 saturated heterocycles. The number of hydrogen-bond donors (Lipinski definition) is 3. The minimum atomic E-state index is -0.850. The molecule has 0 aromatic carbocycles. The summed E-state index contributed by atoms with van der Waals surface area (Å²) >= 11 is 0. The van der Waals surface area contributed by atoms with Crippen molar-refractivity contribution in [1.29, 1.82) is 0 Å². The summed E-state index contributed by atoms with van der Waals surface area (Å²) < 4.78 is 5.47. The Labute approximate surface area is 404 Å². The highest BCUT2D eigenvalue weighted by Crippen LogP contribution is 2.15. The van der Waals surface area contributed by atoms with E-state index >= 15 is 0 Å². The van der Waals surface area contributed by atoms with Crippen molar-refractivity contribution >= 4 is 11.9 Å². The van der Waals surface area contributed by atoms with Crippen molar-refractivity contribution in [1.82, 2.24) is 5.32 Å². The van der Waals surface area contributed by atoms with Crippen LogP contribution in [0.2, 0.25) is 0 Å². The van der Waals surface area contributed by atoms with Crippen molar-refractivity contribution in [2.24, 2.45) is 0 Å². The van der Waals surface area contributed by atoms with Crippen LogP contribution in [-0.4, -0.2) is 47.4 Å². The van der Waals surface area contributed by atoms with Gasteiger partial charge in [0.25, 0.3) is 0 Å². The first-order chi connectivity index (χ1) is 32.0. The van der Waals surface area contributed by atoms with E-state index in [0.717, 1.165) is 57.8 Å². The van der Waals surface area contributed by atoms with Gasteiger partial charge in [0.15, 0.2) is 0 Å². The van der Waals surface area contributed by atoms with Gasteiger partial charge in [-0.05, 0) is 89.9 Å². The fourth-order valence-electron chi connectivity index (χ4n) is 8.42. The van der Waals surface area contributed by atoms with Gasteiger partial charge in [0.2, 0.25) is 5.91 Å². The molecule has 1 amide bonds. The van der Waals surface area contributed by atoms with Crippen LogP contribution in [-0.2, 0) is 14.3 Å². The van der Waals surface area contributed by atoms with Gasteiger partial charge in [-0.3, -0.25) is 9.59 Å². The van der Waals surface area contributed by atoms with E-state index < -0.39 is 12.1 Å². The molecule has 2 unspecified atom stereocenters. The van der Waals surface area contributed by atoms with Crippen molar-refractivity contribution in [3.05, 3.63) is 48.6 Å². The molecule has 0 saturated carbocycles. The van der Waals surface area contributed by atoms with Gasteiger partial charge in [-0.2, -0.15) is 0 Å². The molecule has 0 aliphatic rings. The summed E-state index contributed by atoms with van der Waals surface area (Å²) in [6.07, 6.45) is 68.4. The Morgan fingerprint density at radius 2 is 0.769 bits per heavy atom. The lowest BCUT2D eigenvalue weighted by molar-refractivity contribution is -0.143. The van der Waals surface area contributed by atoms with E-state index in [1.54, 1.807) is 6.08 Å². The fourth-order valence-corrected chi connectivity index (χ4v) is 8.42. The van der Waals surface area contributed by atoms with E-state index in [1.165, 1.54) is 205 Å². The number of nitrogens with one attached hydrogen (secondary N) is 1. The molecule has 0 rings (SSSR count). The number of allylic oxidation sites excluding steroid dienone is 7. The van der Waals surface area contributed by atoms with E-state index in [-0.39, 0.29) is 18.5 Å². The van der Waals surface area contributed by atoms with Crippen LogP contribution in [0.15, 0.2) is 48.6 Å². The molecule has 6 heteroatoms. The summed E-state index contributed by atoms with van der Waals surface area (Å²) in [5.74, 6) is -0.0871. The van der Waals surface area contributed by atoms with Gasteiger partial charge in [0.1, 0.15) is 0 Å². The fraction of sp³-hybridized carbons (Fsp3) is 0.831. The average molecular weight is 913 g/mol. The molecule has 0 aliphatic carbocycles. The Kier molecular flexibility index (Phi) is 52.6. The Morgan fingerprint density at radius 3 is 1.20 bits per heavy atom. The molecule has 3 N–H and O–H groups in total. The van der Waals surface area contributed by atoms with Crippen LogP contribution in [0.1, 0.15) is 290 Å². The number of hydrogen-bond acceptors (Lipinski definition) is 5. The Bertz CT molecular complexity index is 1100. The molecule has 0 aliphatic heterocycles. The number of aliphatic hydroxyl groups is 2. The minimum absolute atomic E-state index is 0.00864. The van der Waals surface area contributed by atoms with Crippen LogP contribution in [0.5, 0.6) is 0 Å². The van der Waals surface area contributed by atoms with Crippen LogP contribution in [0.25, 0.3) is 0 Å². The van der Waals surface area contributed by atoms with Crippen LogP contribution >= 0.6 is 0 Å². The maximum absolute atomic E-state index is 12.4. The van der Waals surface area contributed by atoms with Gasteiger partial charge in [0.05, 0.1) is 25.4 Å². The van der Waals surface area contributed by atoms with Crippen molar-refractivity contribution in [2.75, 3.05) is 13.2 Å². The molecule has 0 aromatic rings. The number of rotatable bonds is 52. The lowest BCUT2D eigenvalue weighted by Crippen LogP contribution is -2.45. The van der Waals surface area contributed by atoms with Gasteiger partial charge < -0.3 is 20.3 Å².